The van der Waals surface area contributed by atoms with E-state index < -0.39 is 20.0 Å². The van der Waals surface area contributed by atoms with Gasteiger partial charge in [0, 0.05) is 31.2 Å². The molecule has 2 aromatic rings. The lowest BCUT2D eigenvalue weighted by atomic mass is 10.2. The third kappa shape index (κ3) is 3.56. The summed E-state index contributed by atoms with van der Waals surface area (Å²) in [5, 5.41) is 2.23. The number of hydrogen-bond donors (Lipinski definition) is 0. The van der Waals surface area contributed by atoms with Crippen molar-refractivity contribution in [1.82, 2.24) is 8.61 Å². The summed E-state index contributed by atoms with van der Waals surface area (Å²) in [6.45, 7) is 3.96. The minimum atomic E-state index is -3.70. The van der Waals surface area contributed by atoms with Crippen molar-refractivity contribution in [3.8, 4) is 0 Å². The van der Waals surface area contributed by atoms with E-state index in [4.69, 9.17) is 11.6 Å². The van der Waals surface area contributed by atoms with E-state index in [1.165, 1.54) is 8.61 Å². The molecule has 0 radical (unpaired) electrons. The van der Waals surface area contributed by atoms with Crippen LogP contribution < -0.4 is 0 Å². The molecule has 1 aromatic carbocycles. The largest absolute Gasteiger partial charge is 0.252 e. The van der Waals surface area contributed by atoms with Gasteiger partial charge >= 0.3 is 0 Å². The van der Waals surface area contributed by atoms with Crippen LogP contribution in [0.15, 0.2) is 38.8 Å². The highest BCUT2D eigenvalue weighted by Crippen LogP contribution is 2.28. The molecule has 6 nitrogen and oxygen atoms in total. The number of aryl methyl sites for hydroxylation is 2. The number of benzene rings is 1. The van der Waals surface area contributed by atoms with Gasteiger partial charge in [-0.1, -0.05) is 17.7 Å². The van der Waals surface area contributed by atoms with Crippen LogP contribution in [0.2, 0.25) is 5.02 Å². The molecular weight excluding hydrogens is 416 g/mol. The number of hydrogen-bond acceptors (Lipinski definition) is 5. The SMILES string of the molecule is Cc1cc(S(=O)(=O)N2CCN(S(=O)(=O)c3cccs3)CC2)c(C)cc1Cl. The number of sulfonamides is 2. The molecule has 1 saturated heterocycles. The molecule has 3 rings (SSSR count). The van der Waals surface area contributed by atoms with Gasteiger partial charge in [0.15, 0.2) is 0 Å². The zero-order valence-corrected chi connectivity index (χ0v) is 17.6. The predicted molar refractivity (Wildman–Crippen MR) is 103 cm³/mol. The van der Waals surface area contributed by atoms with Crippen molar-refractivity contribution in [1.29, 1.82) is 0 Å². The van der Waals surface area contributed by atoms with Crippen molar-refractivity contribution in [3.05, 3.63) is 45.8 Å². The second-order valence-corrected chi connectivity index (χ2v) is 11.5. The summed E-state index contributed by atoms with van der Waals surface area (Å²) >= 11 is 7.22. The van der Waals surface area contributed by atoms with Gasteiger partial charge in [-0.3, -0.25) is 0 Å². The van der Waals surface area contributed by atoms with E-state index in [1.54, 1.807) is 43.5 Å². The normalized spacial score (nSPS) is 17.5. The first-order valence-electron chi connectivity index (χ1n) is 7.94. The van der Waals surface area contributed by atoms with Crippen molar-refractivity contribution in [2.45, 2.75) is 23.0 Å². The number of halogens is 1. The van der Waals surface area contributed by atoms with Crippen molar-refractivity contribution in [2.75, 3.05) is 26.2 Å². The van der Waals surface area contributed by atoms with Crippen molar-refractivity contribution in [3.63, 3.8) is 0 Å². The highest BCUT2D eigenvalue weighted by molar-refractivity contribution is 7.91. The first-order chi connectivity index (χ1) is 12.1. The Morgan fingerprint density at radius 1 is 0.923 bits per heavy atom. The molecular formula is C16H19ClN2O4S3. The summed E-state index contributed by atoms with van der Waals surface area (Å²) in [7, 11) is -7.26. The van der Waals surface area contributed by atoms with E-state index >= 15 is 0 Å². The van der Waals surface area contributed by atoms with Gasteiger partial charge in [-0.2, -0.15) is 8.61 Å². The summed E-state index contributed by atoms with van der Waals surface area (Å²) < 4.78 is 54.0. The monoisotopic (exact) mass is 434 g/mol. The first kappa shape index (κ1) is 19.8. The lowest BCUT2D eigenvalue weighted by molar-refractivity contribution is 0.273. The molecule has 1 aliphatic heterocycles. The number of piperazine rings is 1. The molecule has 0 atom stereocenters. The smallest absolute Gasteiger partial charge is 0.207 e. The Morgan fingerprint density at radius 3 is 2.04 bits per heavy atom. The number of thiophene rings is 1. The summed E-state index contributed by atoms with van der Waals surface area (Å²) in [5.41, 5.74) is 1.27. The van der Waals surface area contributed by atoms with Crippen LogP contribution in [-0.2, 0) is 20.0 Å². The molecule has 0 spiro atoms. The van der Waals surface area contributed by atoms with Crippen LogP contribution in [0.5, 0.6) is 0 Å². The molecule has 0 unspecified atom stereocenters. The molecule has 26 heavy (non-hydrogen) atoms. The summed E-state index contributed by atoms with van der Waals surface area (Å²) in [5.74, 6) is 0. The number of nitrogens with zero attached hydrogens (tertiary/aromatic N) is 2. The Hall–Kier alpha value is -0.970. The molecule has 1 aliphatic rings. The Labute approximate surface area is 163 Å². The highest BCUT2D eigenvalue weighted by atomic mass is 35.5. The molecule has 0 N–H and O–H groups in total. The Kier molecular flexibility index (Phi) is 5.49. The third-order valence-electron chi connectivity index (χ3n) is 4.36. The summed E-state index contributed by atoms with van der Waals surface area (Å²) in [6, 6.07) is 6.45. The molecule has 2 heterocycles. The van der Waals surface area contributed by atoms with Gasteiger partial charge < -0.3 is 0 Å². The molecule has 0 aliphatic carbocycles. The average Bonchev–Trinajstić information content (AvgIpc) is 3.13. The molecule has 0 bridgehead atoms. The maximum atomic E-state index is 13.0. The van der Waals surface area contributed by atoms with Gasteiger partial charge in [0.05, 0.1) is 4.90 Å². The quantitative estimate of drug-likeness (QED) is 0.741. The van der Waals surface area contributed by atoms with Crippen LogP contribution in [0.4, 0.5) is 0 Å². The first-order valence-corrected chi connectivity index (χ1v) is 12.1. The lowest BCUT2D eigenvalue weighted by Gasteiger charge is -2.33. The van der Waals surface area contributed by atoms with Gasteiger partial charge in [0.2, 0.25) is 10.0 Å². The molecule has 10 heteroatoms. The van der Waals surface area contributed by atoms with Crippen molar-refractivity contribution >= 4 is 43.0 Å². The minimum absolute atomic E-state index is 0.119. The standard InChI is InChI=1S/C16H19ClN2O4S3/c1-12-11-15(13(2)10-14(12)17)25(20,21)18-5-7-19(8-6-18)26(22,23)16-4-3-9-24-16/h3-4,9-11H,5-8H2,1-2H3. The summed E-state index contributed by atoms with van der Waals surface area (Å²) in [4.78, 5) is 0.217. The van der Waals surface area contributed by atoms with Crippen LogP contribution in [0.25, 0.3) is 0 Å². The Morgan fingerprint density at radius 2 is 1.50 bits per heavy atom. The third-order valence-corrected chi connectivity index (χ3v) is 10.1. The highest BCUT2D eigenvalue weighted by Gasteiger charge is 2.34. The van der Waals surface area contributed by atoms with Crippen LogP contribution >= 0.6 is 22.9 Å². The van der Waals surface area contributed by atoms with Gasteiger partial charge in [0.1, 0.15) is 4.21 Å². The lowest BCUT2D eigenvalue weighted by Crippen LogP contribution is -2.50. The predicted octanol–water partition coefficient (Wildman–Crippen LogP) is 2.71. The topological polar surface area (TPSA) is 74.8 Å². The molecule has 0 saturated carbocycles. The fourth-order valence-corrected chi connectivity index (χ4v) is 7.36. The average molecular weight is 435 g/mol. The zero-order chi connectivity index (χ0) is 19.1. The number of rotatable bonds is 4. The summed E-state index contributed by atoms with van der Waals surface area (Å²) in [6.07, 6.45) is 0. The van der Waals surface area contributed by atoms with Crippen LogP contribution in [0.1, 0.15) is 11.1 Å². The van der Waals surface area contributed by atoms with Crippen LogP contribution in [0.3, 0.4) is 0 Å². The second-order valence-electron chi connectivity index (χ2n) is 6.11. The van der Waals surface area contributed by atoms with Gasteiger partial charge in [0.25, 0.3) is 10.0 Å². The van der Waals surface area contributed by atoms with Crippen molar-refractivity contribution in [2.24, 2.45) is 0 Å². The van der Waals surface area contributed by atoms with E-state index in [2.05, 4.69) is 0 Å². The fourth-order valence-electron chi connectivity index (χ4n) is 2.86. The van der Waals surface area contributed by atoms with Crippen LogP contribution in [0, 0.1) is 13.8 Å². The fraction of sp³-hybridized carbons (Fsp3) is 0.375. The van der Waals surface area contributed by atoms with Gasteiger partial charge in [-0.15, -0.1) is 11.3 Å². The molecule has 0 amide bonds. The Bertz CT molecular complexity index is 1010. The van der Waals surface area contributed by atoms with E-state index in [9.17, 15) is 16.8 Å². The van der Waals surface area contributed by atoms with E-state index in [1.807, 2.05) is 0 Å². The zero-order valence-electron chi connectivity index (χ0n) is 14.3. The van der Waals surface area contributed by atoms with E-state index in [-0.39, 0.29) is 35.3 Å². The maximum absolute atomic E-state index is 13.0. The minimum Gasteiger partial charge on any atom is -0.207 e. The molecule has 1 fully saturated rings. The molecule has 142 valence electrons. The Balaban J connectivity index is 1.81. The van der Waals surface area contributed by atoms with Gasteiger partial charge in [-0.05, 0) is 48.6 Å². The van der Waals surface area contributed by atoms with E-state index in [0.29, 0.717) is 16.1 Å². The van der Waals surface area contributed by atoms with Gasteiger partial charge in [-0.25, -0.2) is 16.8 Å². The second kappa shape index (κ2) is 7.21. The molecule has 1 aromatic heterocycles. The van der Waals surface area contributed by atoms with E-state index in [0.717, 1.165) is 11.3 Å². The van der Waals surface area contributed by atoms with Crippen LogP contribution in [-0.4, -0.2) is 51.6 Å². The maximum Gasteiger partial charge on any atom is 0.252 e. The van der Waals surface area contributed by atoms with Crippen molar-refractivity contribution < 1.29 is 16.8 Å².